The summed E-state index contributed by atoms with van der Waals surface area (Å²) in [5.74, 6) is -0.192. The van der Waals surface area contributed by atoms with Crippen LogP contribution in [0.5, 0.6) is 0 Å². The zero-order chi connectivity index (χ0) is 21.1. The fourth-order valence-electron chi connectivity index (χ4n) is 3.67. The first-order valence-corrected chi connectivity index (χ1v) is 10.6. The third kappa shape index (κ3) is 4.28. The van der Waals surface area contributed by atoms with E-state index in [2.05, 4.69) is 15.2 Å². The molecule has 9 heteroatoms. The maximum absolute atomic E-state index is 13.7. The molecule has 0 bridgehead atoms. The number of nitrogens with one attached hydrogen (secondary N) is 1. The summed E-state index contributed by atoms with van der Waals surface area (Å²) in [6.45, 7) is 5.17. The first kappa shape index (κ1) is 20.6. The molecular formula is C21H23FN4O3S. The molecule has 3 heterocycles. The number of nitrogens with zero attached hydrogens (tertiary/aromatic N) is 3. The molecule has 1 fully saturated rings. The number of esters is 1. The number of carbonyl (C=O) groups excluding carboxylic acids is 1. The minimum atomic E-state index is -0.616. The minimum absolute atomic E-state index is 0.327. The van der Waals surface area contributed by atoms with Crippen LogP contribution < -0.4 is 5.32 Å². The van der Waals surface area contributed by atoms with Gasteiger partial charge in [0, 0.05) is 36.9 Å². The highest BCUT2D eigenvalue weighted by atomic mass is 32.1. The zero-order valence-electron chi connectivity index (χ0n) is 16.9. The summed E-state index contributed by atoms with van der Waals surface area (Å²) in [4.78, 5) is 24.2. The molecule has 2 aliphatic heterocycles. The molecule has 0 aliphatic carbocycles. The van der Waals surface area contributed by atoms with Crippen molar-refractivity contribution in [3.63, 3.8) is 0 Å². The molecule has 1 atom stereocenters. The lowest BCUT2D eigenvalue weighted by molar-refractivity contribution is -0.136. The third-order valence-electron chi connectivity index (χ3n) is 5.18. The van der Waals surface area contributed by atoms with Gasteiger partial charge in [0.05, 0.1) is 25.9 Å². The lowest BCUT2D eigenvalue weighted by atomic mass is 9.92. The standard InChI is InChI=1S/C21H23FN4O3S/c1-13-11-14(22)3-4-15(13)18-17(21(27)28-2)16(12-26-6-8-29-9-7-26)24-19(25-18)20-23-5-10-30-20/h3-5,10-11,18H,6-9,12H2,1-2H3,(H,24,25). The zero-order valence-corrected chi connectivity index (χ0v) is 17.7. The smallest absolute Gasteiger partial charge is 0.338 e. The molecule has 0 amide bonds. The summed E-state index contributed by atoms with van der Waals surface area (Å²) in [6.07, 6.45) is 1.71. The van der Waals surface area contributed by atoms with Crippen LogP contribution >= 0.6 is 11.3 Å². The summed E-state index contributed by atoms with van der Waals surface area (Å²) >= 11 is 1.46. The van der Waals surface area contributed by atoms with Gasteiger partial charge in [0.2, 0.25) is 0 Å². The van der Waals surface area contributed by atoms with Crippen molar-refractivity contribution in [2.24, 2.45) is 4.99 Å². The van der Waals surface area contributed by atoms with E-state index >= 15 is 0 Å². The number of ether oxygens (including phenoxy) is 2. The van der Waals surface area contributed by atoms with Gasteiger partial charge in [-0.25, -0.2) is 14.2 Å². The van der Waals surface area contributed by atoms with Crippen LogP contribution in [-0.2, 0) is 14.3 Å². The maximum atomic E-state index is 13.7. The van der Waals surface area contributed by atoms with Gasteiger partial charge in [-0.2, -0.15) is 0 Å². The number of thiazole rings is 1. The van der Waals surface area contributed by atoms with E-state index in [1.54, 1.807) is 12.3 Å². The van der Waals surface area contributed by atoms with E-state index in [-0.39, 0.29) is 5.82 Å². The van der Waals surface area contributed by atoms with Crippen LogP contribution in [0.4, 0.5) is 4.39 Å². The van der Waals surface area contributed by atoms with Crippen molar-refractivity contribution in [2.45, 2.75) is 13.0 Å². The first-order valence-electron chi connectivity index (χ1n) is 9.69. The van der Waals surface area contributed by atoms with Crippen LogP contribution in [0.3, 0.4) is 0 Å². The first-order chi connectivity index (χ1) is 14.6. The molecule has 0 saturated carbocycles. The Balaban J connectivity index is 1.81. The van der Waals surface area contributed by atoms with Crippen LogP contribution in [0.25, 0.3) is 0 Å². The van der Waals surface area contributed by atoms with Crippen LogP contribution in [0.2, 0.25) is 0 Å². The van der Waals surface area contributed by atoms with Gasteiger partial charge in [-0.05, 0) is 30.2 Å². The van der Waals surface area contributed by atoms with Crippen LogP contribution in [0.15, 0.2) is 46.0 Å². The van der Waals surface area contributed by atoms with Gasteiger partial charge in [-0.15, -0.1) is 11.3 Å². The Morgan fingerprint density at radius 2 is 2.20 bits per heavy atom. The average molecular weight is 431 g/mol. The summed E-state index contributed by atoms with van der Waals surface area (Å²) in [5.41, 5.74) is 2.62. The van der Waals surface area contributed by atoms with Crippen LogP contribution in [-0.4, -0.2) is 61.6 Å². The number of hydrogen-bond acceptors (Lipinski definition) is 8. The molecule has 4 rings (SSSR count). The van der Waals surface area contributed by atoms with E-state index < -0.39 is 12.0 Å². The van der Waals surface area contributed by atoms with Crippen molar-refractivity contribution in [3.05, 3.63) is 63.0 Å². The number of halogens is 1. The number of rotatable bonds is 5. The van der Waals surface area contributed by atoms with E-state index in [0.717, 1.165) is 34.9 Å². The molecule has 0 radical (unpaired) electrons. The highest BCUT2D eigenvalue weighted by Crippen LogP contribution is 2.34. The SMILES string of the molecule is COC(=O)C1=C(CN2CCOCC2)NC(c2nccs2)=NC1c1ccc(F)cc1C. The third-order valence-corrected chi connectivity index (χ3v) is 5.96. The molecule has 0 spiro atoms. The summed E-state index contributed by atoms with van der Waals surface area (Å²) in [7, 11) is 1.36. The summed E-state index contributed by atoms with van der Waals surface area (Å²) in [6, 6.07) is 3.90. The van der Waals surface area contributed by atoms with Gasteiger partial charge < -0.3 is 14.8 Å². The fraction of sp³-hybridized carbons (Fsp3) is 0.381. The topological polar surface area (TPSA) is 76.0 Å². The van der Waals surface area contributed by atoms with E-state index in [1.807, 2.05) is 12.3 Å². The Bertz CT molecular complexity index is 984. The van der Waals surface area contributed by atoms with Gasteiger partial charge in [-0.1, -0.05) is 6.07 Å². The number of methoxy groups -OCH3 is 1. The summed E-state index contributed by atoms with van der Waals surface area (Å²) in [5, 5.41) is 5.92. The second-order valence-corrected chi connectivity index (χ2v) is 8.01. The van der Waals surface area contributed by atoms with Crippen LogP contribution in [0, 0.1) is 12.7 Å². The number of aliphatic imine (C=N–C) groups is 1. The molecule has 2 aliphatic rings. The largest absolute Gasteiger partial charge is 0.466 e. The molecule has 1 N–H and O–H groups in total. The number of benzene rings is 1. The van der Waals surface area contributed by atoms with Crippen molar-refractivity contribution >= 4 is 23.1 Å². The predicted molar refractivity (Wildman–Crippen MR) is 112 cm³/mol. The molecule has 1 aromatic carbocycles. The van der Waals surface area contributed by atoms with Crippen molar-refractivity contribution in [1.29, 1.82) is 0 Å². The maximum Gasteiger partial charge on any atom is 0.338 e. The van der Waals surface area contributed by atoms with E-state index in [1.165, 1.54) is 30.6 Å². The van der Waals surface area contributed by atoms with Gasteiger partial charge in [0.15, 0.2) is 10.8 Å². The highest BCUT2D eigenvalue weighted by Gasteiger charge is 2.34. The van der Waals surface area contributed by atoms with E-state index in [4.69, 9.17) is 14.5 Å². The monoisotopic (exact) mass is 430 g/mol. The van der Waals surface area contributed by atoms with Crippen molar-refractivity contribution in [1.82, 2.24) is 15.2 Å². The molecule has 1 unspecified atom stereocenters. The molecule has 7 nitrogen and oxygen atoms in total. The highest BCUT2D eigenvalue weighted by molar-refractivity contribution is 7.11. The van der Waals surface area contributed by atoms with Crippen molar-refractivity contribution in [3.8, 4) is 0 Å². The number of aryl methyl sites for hydroxylation is 1. The quantitative estimate of drug-likeness (QED) is 0.735. The van der Waals surface area contributed by atoms with Gasteiger partial charge in [0.1, 0.15) is 11.9 Å². The van der Waals surface area contributed by atoms with E-state index in [0.29, 0.717) is 31.2 Å². The Hall–Kier alpha value is -2.62. The molecule has 30 heavy (non-hydrogen) atoms. The van der Waals surface area contributed by atoms with Crippen LogP contribution in [0.1, 0.15) is 22.2 Å². The Morgan fingerprint density at radius 3 is 2.87 bits per heavy atom. The number of hydrogen-bond donors (Lipinski definition) is 1. The second-order valence-electron chi connectivity index (χ2n) is 7.12. The lowest BCUT2D eigenvalue weighted by Crippen LogP contribution is -2.43. The fourth-order valence-corrected chi connectivity index (χ4v) is 4.26. The second kappa shape index (κ2) is 9.03. The average Bonchev–Trinajstić information content (AvgIpc) is 3.28. The Labute approximate surface area is 178 Å². The Kier molecular flexibility index (Phi) is 6.21. The number of morpholine rings is 1. The summed E-state index contributed by atoms with van der Waals surface area (Å²) < 4.78 is 24.3. The molecule has 2 aromatic rings. The molecule has 1 saturated heterocycles. The molecule has 1 aromatic heterocycles. The molecular weight excluding hydrogens is 407 g/mol. The molecule has 158 valence electrons. The number of carbonyl (C=O) groups is 1. The lowest BCUT2D eigenvalue weighted by Gasteiger charge is -2.32. The van der Waals surface area contributed by atoms with Gasteiger partial charge in [-0.3, -0.25) is 9.89 Å². The Morgan fingerprint density at radius 1 is 1.40 bits per heavy atom. The van der Waals surface area contributed by atoms with Gasteiger partial charge >= 0.3 is 5.97 Å². The van der Waals surface area contributed by atoms with Crippen molar-refractivity contribution < 1.29 is 18.7 Å². The predicted octanol–water partition coefficient (Wildman–Crippen LogP) is 2.44. The van der Waals surface area contributed by atoms with E-state index in [9.17, 15) is 9.18 Å². The van der Waals surface area contributed by atoms with Gasteiger partial charge in [0.25, 0.3) is 0 Å². The van der Waals surface area contributed by atoms with Crippen molar-refractivity contribution in [2.75, 3.05) is 40.0 Å². The number of amidine groups is 1. The normalized spacial score (nSPS) is 20.0. The number of aromatic nitrogens is 1. The minimum Gasteiger partial charge on any atom is -0.466 e.